The second-order valence-corrected chi connectivity index (χ2v) is 3.62. The number of aromatic nitrogens is 4. The van der Waals surface area contributed by atoms with Gasteiger partial charge in [-0.05, 0) is 12.1 Å². The van der Waals surface area contributed by atoms with Gasteiger partial charge in [-0.1, -0.05) is 12.1 Å². The van der Waals surface area contributed by atoms with Gasteiger partial charge in [0, 0.05) is 6.07 Å². The Morgan fingerprint density at radius 1 is 1.00 bits per heavy atom. The Labute approximate surface area is 96.9 Å². The molecule has 17 heavy (non-hydrogen) atoms. The van der Waals surface area contributed by atoms with Gasteiger partial charge in [-0.15, -0.1) is 0 Å². The molecule has 3 aromatic rings. The molecule has 4 N–H and O–H groups in total. The topological polar surface area (TPSA) is 95.6 Å². The van der Waals surface area contributed by atoms with E-state index >= 15 is 0 Å². The average Bonchev–Trinajstić information content (AvgIpc) is 2.71. The second kappa shape index (κ2) is 3.44. The number of nitrogens with zero attached hydrogens (tertiary/aromatic N) is 4. The first-order valence-corrected chi connectivity index (χ1v) is 5.06. The third-order valence-electron chi connectivity index (χ3n) is 2.42. The Hall–Kier alpha value is -2.63. The first kappa shape index (κ1) is 9.59. The van der Waals surface area contributed by atoms with Crippen molar-refractivity contribution in [2.45, 2.75) is 0 Å². The number of anilines is 2. The molecule has 0 spiro atoms. The van der Waals surface area contributed by atoms with E-state index in [1.54, 1.807) is 10.9 Å². The fraction of sp³-hybridized carbons (Fsp3) is 0. The van der Waals surface area contributed by atoms with Crippen molar-refractivity contribution < 1.29 is 0 Å². The van der Waals surface area contributed by atoms with Crippen molar-refractivity contribution in [1.82, 2.24) is 19.5 Å². The largest absolute Gasteiger partial charge is 0.383 e. The molecule has 6 nitrogen and oxygen atoms in total. The zero-order valence-electron chi connectivity index (χ0n) is 8.91. The molecule has 0 aliphatic carbocycles. The molecular formula is C11H10N6. The summed E-state index contributed by atoms with van der Waals surface area (Å²) in [4.78, 5) is 12.5. The third-order valence-corrected chi connectivity index (χ3v) is 2.42. The normalized spacial score (nSPS) is 10.8. The number of hydrogen-bond donors (Lipinski definition) is 2. The average molecular weight is 226 g/mol. The molecule has 1 aromatic carbocycles. The standard InChI is InChI=1S/C11H10N6/c12-9-5-10(13)16-11(15-9)17-6-14-7-3-1-2-4-8(7)17/h1-6H,(H4,12,13,15,16). The van der Waals surface area contributed by atoms with Crippen LogP contribution in [0, 0.1) is 0 Å². The maximum Gasteiger partial charge on any atom is 0.239 e. The van der Waals surface area contributed by atoms with Gasteiger partial charge in [-0.25, -0.2) is 4.98 Å². The molecule has 0 aliphatic rings. The Morgan fingerprint density at radius 3 is 2.47 bits per heavy atom. The van der Waals surface area contributed by atoms with Crippen molar-refractivity contribution in [1.29, 1.82) is 0 Å². The summed E-state index contributed by atoms with van der Waals surface area (Å²) in [6.45, 7) is 0. The molecule has 6 heteroatoms. The molecule has 0 saturated carbocycles. The quantitative estimate of drug-likeness (QED) is 0.644. The summed E-state index contributed by atoms with van der Waals surface area (Å²) < 4.78 is 1.75. The van der Waals surface area contributed by atoms with Gasteiger partial charge < -0.3 is 11.5 Å². The number of imidazole rings is 1. The third kappa shape index (κ3) is 1.55. The van der Waals surface area contributed by atoms with E-state index in [0.717, 1.165) is 11.0 Å². The predicted octanol–water partition coefficient (Wildman–Crippen LogP) is 0.980. The van der Waals surface area contributed by atoms with E-state index in [1.165, 1.54) is 6.07 Å². The molecule has 0 unspecified atom stereocenters. The number of rotatable bonds is 1. The van der Waals surface area contributed by atoms with Crippen molar-refractivity contribution >= 4 is 22.7 Å². The monoisotopic (exact) mass is 226 g/mol. The fourth-order valence-corrected chi connectivity index (χ4v) is 1.70. The van der Waals surface area contributed by atoms with Crippen LogP contribution in [0.5, 0.6) is 0 Å². The molecule has 2 heterocycles. The minimum Gasteiger partial charge on any atom is -0.383 e. The summed E-state index contributed by atoms with van der Waals surface area (Å²) in [5.41, 5.74) is 13.1. The van der Waals surface area contributed by atoms with Crippen LogP contribution >= 0.6 is 0 Å². The summed E-state index contributed by atoms with van der Waals surface area (Å²) in [6.07, 6.45) is 1.65. The van der Waals surface area contributed by atoms with Crippen LogP contribution < -0.4 is 11.5 Å². The van der Waals surface area contributed by atoms with Crippen LogP contribution in [-0.4, -0.2) is 19.5 Å². The number of fused-ring (bicyclic) bond motifs is 1. The molecule has 0 fully saturated rings. The van der Waals surface area contributed by atoms with Crippen molar-refractivity contribution in [2.24, 2.45) is 0 Å². The van der Waals surface area contributed by atoms with Crippen LogP contribution in [-0.2, 0) is 0 Å². The van der Waals surface area contributed by atoms with Gasteiger partial charge in [0.05, 0.1) is 11.0 Å². The molecule has 0 radical (unpaired) electrons. The zero-order valence-corrected chi connectivity index (χ0v) is 8.91. The zero-order chi connectivity index (χ0) is 11.8. The number of nitrogens with two attached hydrogens (primary N) is 2. The molecule has 2 aromatic heterocycles. The molecule has 0 saturated heterocycles. The van der Waals surface area contributed by atoms with Gasteiger partial charge in [0.25, 0.3) is 0 Å². The summed E-state index contributed by atoms with van der Waals surface area (Å²) >= 11 is 0. The second-order valence-electron chi connectivity index (χ2n) is 3.62. The molecule has 0 atom stereocenters. The minimum absolute atomic E-state index is 0.338. The van der Waals surface area contributed by atoms with E-state index in [-0.39, 0.29) is 0 Å². The highest BCUT2D eigenvalue weighted by atomic mass is 15.2. The van der Waals surface area contributed by atoms with Crippen molar-refractivity contribution in [3.8, 4) is 5.95 Å². The van der Waals surface area contributed by atoms with Gasteiger partial charge >= 0.3 is 0 Å². The summed E-state index contributed by atoms with van der Waals surface area (Å²) in [7, 11) is 0. The van der Waals surface area contributed by atoms with Crippen LogP contribution in [0.25, 0.3) is 17.0 Å². The van der Waals surface area contributed by atoms with Crippen LogP contribution in [0.4, 0.5) is 11.6 Å². The predicted molar refractivity (Wildman–Crippen MR) is 65.5 cm³/mol. The lowest BCUT2D eigenvalue weighted by molar-refractivity contribution is 0.957. The van der Waals surface area contributed by atoms with E-state index in [2.05, 4.69) is 15.0 Å². The highest BCUT2D eigenvalue weighted by Crippen LogP contribution is 2.16. The fourth-order valence-electron chi connectivity index (χ4n) is 1.70. The van der Waals surface area contributed by atoms with Gasteiger partial charge in [-0.2, -0.15) is 9.97 Å². The van der Waals surface area contributed by atoms with Crippen LogP contribution in [0.1, 0.15) is 0 Å². The Balaban J connectivity index is 2.27. The number of benzene rings is 1. The molecule has 0 amide bonds. The van der Waals surface area contributed by atoms with E-state index in [0.29, 0.717) is 17.6 Å². The molecule has 0 bridgehead atoms. The lowest BCUT2D eigenvalue weighted by atomic mass is 10.3. The van der Waals surface area contributed by atoms with Gasteiger partial charge in [0.1, 0.15) is 18.0 Å². The molecule has 3 rings (SSSR count). The number of hydrogen-bond acceptors (Lipinski definition) is 5. The highest BCUT2D eigenvalue weighted by molar-refractivity contribution is 5.76. The lowest BCUT2D eigenvalue weighted by Gasteiger charge is -2.04. The first-order valence-electron chi connectivity index (χ1n) is 5.06. The van der Waals surface area contributed by atoms with Crippen molar-refractivity contribution in [2.75, 3.05) is 11.5 Å². The Bertz CT molecular complexity index is 667. The van der Waals surface area contributed by atoms with Crippen LogP contribution in [0.3, 0.4) is 0 Å². The van der Waals surface area contributed by atoms with Crippen molar-refractivity contribution in [3.05, 3.63) is 36.7 Å². The van der Waals surface area contributed by atoms with Gasteiger partial charge in [0.15, 0.2) is 0 Å². The lowest BCUT2D eigenvalue weighted by Crippen LogP contribution is -2.05. The summed E-state index contributed by atoms with van der Waals surface area (Å²) in [6, 6.07) is 9.22. The van der Waals surface area contributed by atoms with Gasteiger partial charge in [-0.3, -0.25) is 4.57 Å². The highest BCUT2D eigenvalue weighted by Gasteiger charge is 2.07. The maximum atomic E-state index is 5.64. The SMILES string of the molecule is Nc1cc(N)nc(-n2cnc3ccccc32)n1. The minimum atomic E-state index is 0.338. The number of nitrogen functional groups attached to an aromatic ring is 2. The molecular weight excluding hydrogens is 216 g/mol. The summed E-state index contributed by atoms with van der Waals surface area (Å²) in [5, 5.41) is 0. The maximum absolute atomic E-state index is 5.64. The first-order chi connectivity index (χ1) is 8.24. The van der Waals surface area contributed by atoms with E-state index in [1.807, 2.05) is 24.3 Å². The molecule has 0 aliphatic heterocycles. The van der Waals surface area contributed by atoms with Crippen LogP contribution in [0.15, 0.2) is 36.7 Å². The molecule has 84 valence electrons. The number of para-hydroxylation sites is 2. The Kier molecular flexibility index (Phi) is 1.94. The van der Waals surface area contributed by atoms with Crippen molar-refractivity contribution in [3.63, 3.8) is 0 Å². The smallest absolute Gasteiger partial charge is 0.239 e. The van der Waals surface area contributed by atoms with Gasteiger partial charge in [0.2, 0.25) is 5.95 Å². The summed E-state index contributed by atoms with van der Waals surface area (Å²) in [5.74, 6) is 1.10. The Morgan fingerprint density at radius 2 is 1.71 bits per heavy atom. The van der Waals surface area contributed by atoms with Crippen LogP contribution in [0.2, 0.25) is 0 Å². The van der Waals surface area contributed by atoms with E-state index in [4.69, 9.17) is 11.5 Å². The van der Waals surface area contributed by atoms with E-state index < -0.39 is 0 Å². The van der Waals surface area contributed by atoms with E-state index in [9.17, 15) is 0 Å².